The average Bonchev–Trinajstić information content (AvgIpc) is 2.81. The molecule has 3 N–H and O–H groups in total. The van der Waals surface area contributed by atoms with E-state index in [1.54, 1.807) is 0 Å². The van der Waals surface area contributed by atoms with Crippen LogP contribution in [0.1, 0.15) is 44.9 Å². The fourth-order valence-electron chi connectivity index (χ4n) is 3.96. The number of nitrogens with one attached hydrogen (secondary N) is 1. The summed E-state index contributed by atoms with van der Waals surface area (Å²) in [6, 6.07) is 0.238. The van der Waals surface area contributed by atoms with Gasteiger partial charge in [0.25, 0.3) is 0 Å². The van der Waals surface area contributed by atoms with Crippen LogP contribution in [0.2, 0.25) is 0 Å². The maximum Gasteiger partial charge on any atom is 0.223 e. The van der Waals surface area contributed by atoms with Crippen molar-refractivity contribution in [3.63, 3.8) is 0 Å². The van der Waals surface area contributed by atoms with E-state index in [2.05, 4.69) is 5.32 Å². The second-order valence-electron chi connectivity index (χ2n) is 6.32. The lowest BCUT2D eigenvalue weighted by atomic mass is 9.96. The molecule has 3 aliphatic carbocycles. The van der Waals surface area contributed by atoms with Gasteiger partial charge in [-0.1, -0.05) is 12.8 Å². The first-order valence-electron chi connectivity index (χ1n) is 7.28. The van der Waals surface area contributed by atoms with Gasteiger partial charge in [0.15, 0.2) is 0 Å². The lowest BCUT2D eigenvalue weighted by molar-refractivity contribution is -0.126. The van der Waals surface area contributed by atoms with Gasteiger partial charge in [-0.3, -0.25) is 4.79 Å². The molecule has 0 bridgehead atoms. The highest BCUT2D eigenvalue weighted by Crippen LogP contribution is 2.54. The van der Waals surface area contributed by atoms with Crippen molar-refractivity contribution in [2.75, 3.05) is 6.54 Å². The Kier molecular flexibility index (Phi) is 3.12. The molecule has 0 aromatic carbocycles. The fraction of sp³-hybridized carbons (Fsp3) is 0.929. The summed E-state index contributed by atoms with van der Waals surface area (Å²) >= 11 is 0. The number of hydrogen-bond acceptors (Lipinski definition) is 2. The molecule has 0 radical (unpaired) electrons. The molecule has 0 aromatic heterocycles. The van der Waals surface area contributed by atoms with E-state index in [9.17, 15) is 4.79 Å². The van der Waals surface area contributed by atoms with Crippen molar-refractivity contribution in [3.05, 3.63) is 0 Å². The molecule has 3 atom stereocenters. The van der Waals surface area contributed by atoms with Crippen LogP contribution in [0.4, 0.5) is 0 Å². The third-order valence-electron chi connectivity index (χ3n) is 5.16. The fourth-order valence-corrected chi connectivity index (χ4v) is 3.96. The Morgan fingerprint density at radius 2 is 1.82 bits per heavy atom. The molecule has 3 aliphatic rings. The Bertz CT molecular complexity index is 289. The van der Waals surface area contributed by atoms with Crippen LogP contribution in [0.5, 0.6) is 0 Å². The predicted molar refractivity (Wildman–Crippen MR) is 67.3 cm³/mol. The summed E-state index contributed by atoms with van der Waals surface area (Å²) in [7, 11) is 0. The van der Waals surface area contributed by atoms with E-state index >= 15 is 0 Å². The molecular weight excluding hydrogens is 212 g/mol. The molecule has 3 rings (SSSR count). The summed E-state index contributed by atoms with van der Waals surface area (Å²) in [4.78, 5) is 12.2. The minimum absolute atomic E-state index is 0.238. The molecule has 3 heteroatoms. The molecule has 3 unspecified atom stereocenters. The molecule has 0 saturated heterocycles. The van der Waals surface area contributed by atoms with Crippen molar-refractivity contribution in [1.82, 2.24) is 5.32 Å². The minimum atomic E-state index is 0.238. The molecule has 3 nitrogen and oxygen atoms in total. The van der Waals surface area contributed by atoms with E-state index in [0.717, 1.165) is 24.7 Å². The highest BCUT2D eigenvalue weighted by atomic mass is 16.2. The Labute approximate surface area is 104 Å². The van der Waals surface area contributed by atoms with Crippen LogP contribution in [0, 0.1) is 23.7 Å². The number of hydrogen-bond donors (Lipinski definition) is 2. The number of amides is 1. The normalized spacial score (nSPS) is 37.8. The van der Waals surface area contributed by atoms with Crippen molar-refractivity contribution in [2.45, 2.75) is 51.0 Å². The number of carbonyl (C=O) groups excluding carboxylic acids is 1. The highest BCUT2D eigenvalue weighted by molar-refractivity contribution is 5.79. The lowest BCUT2D eigenvalue weighted by Gasteiger charge is -2.25. The van der Waals surface area contributed by atoms with E-state index in [0.29, 0.717) is 24.3 Å². The predicted octanol–water partition coefficient (Wildman–Crippen LogP) is 1.67. The van der Waals surface area contributed by atoms with Crippen LogP contribution in [0.15, 0.2) is 0 Å². The topological polar surface area (TPSA) is 55.1 Å². The number of rotatable bonds is 4. The standard InChI is InChI=1S/C14H24N2O/c15-8-13(9-3-1-2-4-9)16-14(17)12-6-10-5-11(10)7-12/h9-13H,1-8,15H2,(H,16,17). The molecule has 17 heavy (non-hydrogen) atoms. The van der Waals surface area contributed by atoms with Gasteiger partial charge in [0.05, 0.1) is 0 Å². The zero-order valence-corrected chi connectivity index (χ0v) is 10.5. The maximum atomic E-state index is 12.2. The summed E-state index contributed by atoms with van der Waals surface area (Å²) in [5, 5.41) is 3.23. The van der Waals surface area contributed by atoms with Crippen molar-refractivity contribution in [3.8, 4) is 0 Å². The first kappa shape index (κ1) is 11.5. The van der Waals surface area contributed by atoms with Crippen LogP contribution in [0.25, 0.3) is 0 Å². The molecule has 0 heterocycles. The van der Waals surface area contributed by atoms with Gasteiger partial charge >= 0.3 is 0 Å². The second kappa shape index (κ2) is 4.60. The second-order valence-corrected chi connectivity index (χ2v) is 6.32. The minimum Gasteiger partial charge on any atom is -0.352 e. The zero-order valence-electron chi connectivity index (χ0n) is 10.5. The van der Waals surface area contributed by atoms with Crippen molar-refractivity contribution in [1.29, 1.82) is 0 Å². The van der Waals surface area contributed by atoms with Crippen molar-refractivity contribution < 1.29 is 4.79 Å². The molecule has 96 valence electrons. The monoisotopic (exact) mass is 236 g/mol. The Hall–Kier alpha value is -0.570. The summed E-state index contributed by atoms with van der Waals surface area (Å²) in [5.41, 5.74) is 5.82. The highest BCUT2D eigenvalue weighted by Gasteiger charge is 2.48. The van der Waals surface area contributed by atoms with Crippen LogP contribution in [-0.4, -0.2) is 18.5 Å². The summed E-state index contributed by atoms with van der Waals surface area (Å²) in [6.07, 6.45) is 8.77. The summed E-state index contributed by atoms with van der Waals surface area (Å²) in [5.74, 6) is 3.00. The van der Waals surface area contributed by atoms with Gasteiger partial charge < -0.3 is 11.1 Å². The third kappa shape index (κ3) is 2.35. The van der Waals surface area contributed by atoms with E-state index in [-0.39, 0.29) is 6.04 Å². The van der Waals surface area contributed by atoms with Gasteiger partial charge in [0.2, 0.25) is 5.91 Å². The Morgan fingerprint density at radius 1 is 1.18 bits per heavy atom. The van der Waals surface area contributed by atoms with Crippen LogP contribution >= 0.6 is 0 Å². The van der Waals surface area contributed by atoms with Gasteiger partial charge in [-0.25, -0.2) is 0 Å². The van der Waals surface area contributed by atoms with E-state index < -0.39 is 0 Å². The van der Waals surface area contributed by atoms with Gasteiger partial charge in [-0.05, 0) is 49.9 Å². The molecule has 1 amide bonds. The van der Waals surface area contributed by atoms with Gasteiger partial charge in [0.1, 0.15) is 0 Å². The summed E-state index contributed by atoms with van der Waals surface area (Å²) in [6.45, 7) is 0.607. The average molecular weight is 236 g/mol. The first-order valence-corrected chi connectivity index (χ1v) is 7.28. The molecule has 0 aliphatic heterocycles. The van der Waals surface area contributed by atoms with Crippen molar-refractivity contribution >= 4 is 5.91 Å². The van der Waals surface area contributed by atoms with Crippen LogP contribution < -0.4 is 11.1 Å². The van der Waals surface area contributed by atoms with E-state index in [1.165, 1.54) is 32.1 Å². The quantitative estimate of drug-likeness (QED) is 0.780. The Morgan fingerprint density at radius 3 is 2.41 bits per heavy atom. The number of carbonyl (C=O) groups is 1. The molecule has 0 spiro atoms. The van der Waals surface area contributed by atoms with Gasteiger partial charge in [-0.15, -0.1) is 0 Å². The van der Waals surface area contributed by atoms with Crippen LogP contribution in [-0.2, 0) is 4.79 Å². The van der Waals surface area contributed by atoms with Crippen LogP contribution in [0.3, 0.4) is 0 Å². The van der Waals surface area contributed by atoms with E-state index in [4.69, 9.17) is 5.73 Å². The molecular formula is C14H24N2O. The van der Waals surface area contributed by atoms with E-state index in [1.807, 2.05) is 0 Å². The summed E-state index contributed by atoms with van der Waals surface area (Å²) < 4.78 is 0. The largest absolute Gasteiger partial charge is 0.352 e. The SMILES string of the molecule is NCC(NC(=O)C1CC2CC2C1)C1CCCC1. The smallest absolute Gasteiger partial charge is 0.223 e. The number of nitrogens with two attached hydrogens (primary N) is 1. The molecule has 3 fully saturated rings. The molecule has 3 saturated carbocycles. The molecule has 0 aromatic rings. The van der Waals surface area contributed by atoms with Crippen molar-refractivity contribution in [2.24, 2.45) is 29.4 Å². The number of fused-ring (bicyclic) bond motifs is 1. The van der Waals surface area contributed by atoms with Gasteiger partial charge in [0, 0.05) is 18.5 Å². The maximum absolute atomic E-state index is 12.2. The third-order valence-corrected chi connectivity index (χ3v) is 5.16. The zero-order chi connectivity index (χ0) is 11.8. The first-order chi connectivity index (χ1) is 8.28. The lowest BCUT2D eigenvalue weighted by Crippen LogP contribution is -2.46. The Balaban J connectivity index is 1.51. The van der Waals surface area contributed by atoms with Gasteiger partial charge in [-0.2, -0.15) is 0 Å².